The summed E-state index contributed by atoms with van der Waals surface area (Å²) in [6, 6.07) is 21.0. The highest BCUT2D eigenvalue weighted by atomic mass is 32.1. The fraction of sp³-hybridized carbons (Fsp3) is 0.510. The average molecular weight is 951 g/mol. The minimum atomic E-state index is -1.26. The fourth-order valence-corrected chi connectivity index (χ4v) is 10.7. The van der Waals surface area contributed by atoms with Crippen LogP contribution >= 0.6 is 11.3 Å². The van der Waals surface area contributed by atoms with Crippen molar-refractivity contribution in [1.29, 1.82) is 0 Å². The van der Waals surface area contributed by atoms with Gasteiger partial charge < -0.3 is 40.9 Å². The molecule has 68 heavy (non-hydrogen) atoms. The highest BCUT2D eigenvalue weighted by Gasteiger charge is 2.43. The number of nitrogens with zero attached hydrogens (tertiary/aromatic N) is 4. The predicted octanol–water partition coefficient (Wildman–Crippen LogP) is 5.91. The fourth-order valence-electron chi connectivity index (χ4n) is 9.63. The van der Waals surface area contributed by atoms with Crippen LogP contribution in [-0.4, -0.2) is 133 Å². The topological polar surface area (TPSA) is 203 Å². The van der Waals surface area contributed by atoms with E-state index in [9.17, 15) is 33.9 Å². The normalized spacial score (nSPS) is 17.8. The minimum absolute atomic E-state index is 0.155. The summed E-state index contributed by atoms with van der Waals surface area (Å²) >= 11 is 1.58. The van der Waals surface area contributed by atoms with Crippen molar-refractivity contribution in [3.63, 3.8) is 0 Å². The monoisotopic (exact) mass is 950 g/mol. The predicted molar refractivity (Wildman–Crippen MR) is 262 cm³/mol. The third kappa shape index (κ3) is 12.5. The molecule has 7 rings (SSSR count). The van der Waals surface area contributed by atoms with Crippen molar-refractivity contribution in [2.24, 2.45) is 5.92 Å². The molecule has 3 fully saturated rings. The second-order valence-corrected chi connectivity index (χ2v) is 19.1. The number of para-hydroxylation sites is 1. The van der Waals surface area contributed by atoms with E-state index in [1.165, 1.54) is 14.0 Å². The molecule has 0 unspecified atom stereocenters. The summed E-state index contributed by atoms with van der Waals surface area (Å²) in [4.78, 5) is 91.5. The van der Waals surface area contributed by atoms with Gasteiger partial charge in [-0.05, 0) is 74.6 Å². The largest absolute Gasteiger partial charge is 0.465 e. The van der Waals surface area contributed by atoms with Gasteiger partial charge in [0.05, 0.1) is 29.0 Å². The minimum Gasteiger partial charge on any atom is -0.465 e. The maximum Gasteiger partial charge on any atom is 0.407 e. The van der Waals surface area contributed by atoms with Crippen molar-refractivity contribution in [2.45, 2.75) is 108 Å². The van der Waals surface area contributed by atoms with Crippen LogP contribution in [0.1, 0.15) is 105 Å². The lowest BCUT2D eigenvalue weighted by Gasteiger charge is -2.36. The number of carboxylic acid groups (broad SMARTS) is 1. The highest BCUT2D eigenvalue weighted by Crippen LogP contribution is 2.33. The lowest BCUT2D eigenvalue weighted by atomic mass is 9.83. The summed E-state index contributed by atoms with van der Waals surface area (Å²) in [5.41, 5.74) is 2.94. The molecule has 1 saturated carbocycles. The molecular formula is C51H66N8O8S. The number of fused-ring (bicyclic) bond motifs is 1. The first-order chi connectivity index (χ1) is 33.0. The smallest absolute Gasteiger partial charge is 0.407 e. The quantitative estimate of drug-likeness (QED) is 0.0664. The van der Waals surface area contributed by atoms with Crippen LogP contribution < -0.4 is 26.2 Å². The number of carbonyl (C=O) groups excluding carboxylic acids is 5. The van der Waals surface area contributed by atoms with Crippen molar-refractivity contribution in [2.75, 3.05) is 57.9 Å². The Balaban J connectivity index is 0.981. The number of aromatic nitrogens is 1. The Morgan fingerprint density at radius 1 is 0.765 bits per heavy atom. The van der Waals surface area contributed by atoms with Gasteiger partial charge in [0.2, 0.25) is 23.6 Å². The molecule has 3 heterocycles. The van der Waals surface area contributed by atoms with E-state index in [0.29, 0.717) is 63.2 Å². The van der Waals surface area contributed by atoms with Gasteiger partial charge in [0.25, 0.3) is 5.91 Å². The summed E-state index contributed by atoms with van der Waals surface area (Å²) in [7, 11) is 1.31. The third-order valence-electron chi connectivity index (χ3n) is 13.6. The van der Waals surface area contributed by atoms with Gasteiger partial charge in [-0.25, -0.2) is 9.78 Å². The van der Waals surface area contributed by atoms with E-state index >= 15 is 0 Å². The van der Waals surface area contributed by atoms with Gasteiger partial charge in [0, 0.05) is 45.7 Å². The first-order valence-electron chi connectivity index (χ1n) is 24.3. The van der Waals surface area contributed by atoms with Gasteiger partial charge in [0.1, 0.15) is 24.2 Å². The molecule has 2 saturated heterocycles. The summed E-state index contributed by atoms with van der Waals surface area (Å²) in [6.45, 7) is 5.53. The van der Waals surface area contributed by atoms with Crippen molar-refractivity contribution in [3.05, 3.63) is 95.6 Å². The zero-order valence-corrected chi connectivity index (χ0v) is 40.0. The zero-order valence-electron chi connectivity index (χ0n) is 39.2. The molecule has 4 aromatic rings. The van der Waals surface area contributed by atoms with Crippen LogP contribution in [0.4, 0.5) is 9.93 Å². The Hall–Kier alpha value is -6.07. The van der Waals surface area contributed by atoms with Gasteiger partial charge in [0.15, 0.2) is 5.13 Å². The van der Waals surface area contributed by atoms with Crippen LogP contribution in [0.3, 0.4) is 0 Å². The number of anilines is 1. The molecule has 2 aliphatic heterocycles. The molecule has 0 spiro atoms. The molecule has 1 aromatic heterocycles. The van der Waals surface area contributed by atoms with E-state index in [1.807, 2.05) is 78.9 Å². The Morgan fingerprint density at radius 2 is 1.41 bits per heavy atom. The van der Waals surface area contributed by atoms with Crippen molar-refractivity contribution in [3.8, 4) is 0 Å². The number of ether oxygens (including phenoxy) is 1. The molecule has 17 heteroatoms. The molecule has 5 N–H and O–H groups in total. The average Bonchev–Trinajstić information content (AvgIpc) is 4.05. The number of amides is 6. The first kappa shape index (κ1) is 49.8. The number of nitrogens with one attached hydrogen (secondary N) is 4. The van der Waals surface area contributed by atoms with Crippen LogP contribution in [-0.2, 0) is 23.9 Å². The molecular weight excluding hydrogens is 885 g/mol. The van der Waals surface area contributed by atoms with Crippen LogP contribution in [0.2, 0.25) is 0 Å². The Morgan fingerprint density at radius 3 is 2.06 bits per heavy atom. The molecule has 1 aliphatic carbocycles. The van der Waals surface area contributed by atoms with E-state index in [2.05, 4.69) is 26.2 Å². The van der Waals surface area contributed by atoms with E-state index < -0.39 is 48.0 Å². The van der Waals surface area contributed by atoms with Gasteiger partial charge in [-0.3, -0.25) is 28.9 Å². The summed E-state index contributed by atoms with van der Waals surface area (Å²) in [6.07, 6.45) is 7.04. The van der Waals surface area contributed by atoms with Gasteiger partial charge in [-0.2, -0.15) is 0 Å². The van der Waals surface area contributed by atoms with Crippen LogP contribution in [0, 0.1) is 5.92 Å². The van der Waals surface area contributed by atoms with Crippen molar-refractivity contribution in [1.82, 2.24) is 36.1 Å². The number of benzene rings is 3. The number of thiazole rings is 1. The molecule has 6 amide bonds. The summed E-state index contributed by atoms with van der Waals surface area (Å²) in [5, 5.41) is 22.6. The molecule has 16 nitrogen and oxygen atoms in total. The van der Waals surface area contributed by atoms with Crippen LogP contribution in [0.5, 0.6) is 0 Å². The highest BCUT2D eigenvalue weighted by molar-refractivity contribution is 7.22. The van der Waals surface area contributed by atoms with Crippen LogP contribution in [0.15, 0.2) is 78.9 Å². The number of unbranched alkanes of at least 4 members (excludes halogenated alkanes) is 3. The standard InChI is InChI=1S/C51H66N8O8S/c1-34(57(2)51(65)66)45(60)54-42(37-22-12-7-13-23-37)49(64)59-29-17-25-39(59)47(62)55-44(41(35-18-8-5-9-19-35)36-20-10-6-11-21-36)48(63)53-28-15-4-3-14-27-52-46(61)38-24-16-26-40-43(38)56-50(68-40)58-30-32-67-33-31-58/h5-6,8-11,16,18-21,24,26,34,37,39,41-42,44H,3-4,7,12-15,17,22-23,25,27-33H2,1-2H3,(H,52,61)(H,53,63)(H,54,60)(H,55,62)(H,65,66)/t34-,39-,42-,44-/m0/s1. The molecule has 4 atom stereocenters. The zero-order chi connectivity index (χ0) is 48.0. The maximum absolute atomic E-state index is 14.6. The maximum atomic E-state index is 14.6. The number of morpholine rings is 1. The molecule has 3 aliphatic rings. The lowest BCUT2D eigenvalue weighted by molar-refractivity contribution is -0.144. The number of hydrogen-bond acceptors (Lipinski definition) is 10. The van der Waals surface area contributed by atoms with Crippen LogP contribution in [0.25, 0.3) is 10.2 Å². The molecule has 3 aromatic carbocycles. The second-order valence-electron chi connectivity index (χ2n) is 18.1. The lowest BCUT2D eigenvalue weighted by Crippen LogP contribution is -2.60. The van der Waals surface area contributed by atoms with Gasteiger partial charge in [-0.15, -0.1) is 0 Å². The Bertz CT molecular complexity index is 2300. The number of hydrogen-bond donors (Lipinski definition) is 5. The van der Waals surface area contributed by atoms with E-state index in [0.717, 1.165) is 90.3 Å². The molecule has 364 valence electrons. The summed E-state index contributed by atoms with van der Waals surface area (Å²) < 4.78 is 6.46. The SMILES string of the molecule is C[C@@H](C(=O)N[C@H](C(=O)N1CCC[C@H]1C(=O)N[C@H](C(=O)NCCCCCCNC(=O)c1cccc2sc(N3CCOCC3)nc12)C(c1ccccc1)c1ccccc1)C1CCCCC1)N(C)C(=O)O. The van der Waals surface area contributed by atoms with E-state index in [1.54, 1.807) is 16.2 Å². The van der Waals surface area contributed by atoms with Gasteiger partial charge in [-0.1, -0.05) is 110 Å². The number of likely N-dealkylation sites (N-methyl/N-ethyl adjacent to an activating group) is 1. The number of likely N-dealkylation sites (tertiary alicyclic amines) is 1. The van der Waals surface area contributed by atoms with E-state index in [4.69, 9.17) is 9.72 Å². The van der Waals surface area contributed by atoms with E-state index in [-0.39, 0.29) is 23.6 Å². The van der Waals surface area contributed by atoms with Crippen molar-refractivity contribution < 1.29 is 38.6 Å². The number of carbonyl (C=O) groups is 6. The third-order valence-corrected chi connectivity index (χ3v) is 14.7. The molecule has 0 bridgehead atoms. The second kappa shape index (κ2) is 24.3. The number of rotatable bonds is 20. The Labute approximate surface area is 402 Å². The Kier molecular flexibility index (Phi) is 17.8. The summed E-state index contributed by atoms with van der Waals surface area (Å²) in [5.74, 6) is -2.62. The van der Waals surface area contributed by atoms with Crippen molar-refractivity contribution >= 4 is 62.3 Å². The van der Waals surface area contributed by atoms with Gasteiger partial charge >= 0.3 is 6.09 Å². The molecule has 0 radical (unpaired) electrons. The first-order valence-corrected chi connectivity index (χ1v) is 25.1.